The van der Waals surface area contributed by atoms with E-state index in [9.17, 15) is 4.79 Å². The first-order valence-electron chi connectivity index (χ1n) is 6.84. The number of ether oxygens (including phenoxy) is 1. The van der Waals surface area contributed by atoms with E-state index in [1.165, 1.54) is 0 Å². The molecule has 110 valence electrons. The standard InChI is InChI=1S/C13H25N3O2S/c1-5-11(19)15-14-10-6-8-16(9-7-10)12(17)18-13(2,3)4/h10,14H,5-9H2,1-4H3,(H,15,19). The first-order valence-corrected chi connectivity index (χ1v) is 7.25. The molecule has 0 radical (unpaired) electrons. The molecule has 1 amide bonds. The van der Waals surface area contributed by atoms with E-state index in [1.807, 2.05) is 27.7 Å². The lowest BCUT2D eigenvalue weighted by atomic mass is 10.1. The molecule has 1 aliphatic rings. The van der Waals surface area contributed by atoms with Crippen LogP contribution in [0.1, 0.15) is 47.0 Å². The predicted molar refractivity (Wildman–Crippen MR) is 80.0 cm³/mol. The first-order chi connectivity index (χ1) is 8.81. The number of rotatable bonds is 3. The summed E-state index contributed by atoms with van der Waals surface area (Å²) >= 11 is 5.09. The second kappa shape index (κ2) is 7.05. The van der Waals surface area contributed by atoms with Crippen molar-refractivity contribution >= 4 is 23.3 Å². The zero-order valence-electron chi connectivity index (χ0n) is 12.3. The number of carbonyl (C=O) groups is 1. The maximum absolute atomic E-state index is 11.9. The van der Waals surface area contributed by atoms with E-state index in [1.54, 1.807) is 4.90 Å². The van der Waals surface area contributed by atoms with Crippen LogP contribution in [-0.2, 0) is 4.74 Å². The summed E-state index contributed by atoms with van der Waals surface area (Å²) in [6.45, 7) is 9.10. The molecule has 0 aromatic carbocycles. The zero-order valence-corrected chi connectivity index (χ0v) is 13.1. The lowest BCUT2D eigenvalue weighted by Crippen LogP contribution is -2.50. The Balaban J connectivity index is 2.29. The van der Waals surface area contributed by atoms with Gasteiger partial charge in [-0.1, -0.05) is 19.1 Å². The van der Waals surface area contributed by atoms with E-state index in [2.05, 4.69) is 10.9 Å². The Morgan fingerprint density at radius 3 is 2.42 bits per heavy atom. The van der Waals surface area contributed by atoms with Crippen LogP contribution in [-0.4, -0.2) is 40.7 Å². The van der Waals surface area contributed by atoms with E-state index in [-0.39, 0.29) is 6.09 Å². The molecule has 1 fully saturated rings. The average Bonchev–Trinajstić information content (AvgIpc) is 2.34. The summed E-state index contributed by atoms with van der Waals surface area (Å²) in [6.07, 6.45) is 2.42. The van der Waals surface area contributed by atoms with Crippen LogP contribution in [0.15, 0.2) is 0 Å². The fourth-order valence-corrected chi connectivity index (χ4v) is 1.86. The summed E-state index contributed by atoms with van der Waals surface area (Å²) in [5.41, 5.74) is 5.81. The predicted octanol–water partition coefficient (Wildman–Crippen LogP) is 2.22. The molecule has 0 bridgehead atoms. The van der Waals surface area contributed by atoms with Crippen molar-refractivity contribution in [2.45, 2.75) is 58.6 Å². The minimum absolute atomic E-state index is 0.219. The highest BCUT2D eigenvalue weighted by atomic mass is 32.1. The Morgan fingerprint density at radius 1 is 1.37 bits per heavy atom. The van der Waals surface area contributed by atoms with Crippen LogP contribution in [0.2, 0.25) is 0 Å². The minimum Gasteiger partial charge on any atom is -0.444 e. The lowest BCUT2D eigenvalue weighted by Gasteiger charge is -2.33. The van der Waals surface area contributed by atoms with E-state index in [0.717, 1.165) is 24.3 Å². The van der Waals surface area contributed by atoms with Gasteiger partial charge in [0, 0.05) is 19.1 Å². The number of amides is 1. The molecule has 0 aromatic heterocycles. The van der Waals surface area contributed by atoms with Crippen molar-refractivity contribution in [3.63, 3.8) is 0 Å². The molecule has 1 rings (SSSR count). The fraction of sp³-hybridized carbons (Fsp3) is 0.846. The smallest absolute Gasteiger partial charge is 0.410 e. The topological polar surface area (TPSA) is 53.6 Å². The van der Waals surface area contributed by atoms with Gasteiger partial charge in [0.2, 0.25) is 0 Å². The van der Waals surface area contributed by atoms with E-state index in [4.69, 9.17) is 17.0 Å². The summed E-state index contributed by atoms with van der Waals surface area (Å²) < 4.78 is 5.36. The van der Waals surface area contributed by atoms with Crippen LogP contribution in [0.3, 0.4) is 0 Å². The Kier molecular flexibility index (Phi) is 6.00. The van der Waals surface area contributed by atoms with E-state index in [0.29, 0.717) is 19.1 Å². The number of hydrogen-bond acceptors (Lipinski definition) is 4. The number of nitrogens with one attached hydrogen (secondary N) is 2. The van der Waals surface area contributed by atoms with Crippen molar-refractivity contribution in [1.29, 1.82) is 0 Å². The zero-order chi connectivity index (χ0) is 14.5. The summed E-state index contributed by atoms with van der Waals surface area (Å²) in [6, 6.07) is 0.350. The van der Waals surface area contributed by atoms with E-state index < -0.39 is 5.60 Å². The molecule has 5 nitrogen and oxygen atoms in total. The maximum atomic E-state index is 11.9. The molecule has 6 heteroatoms. The summed E-state index contributed by atoms with van der Waals surface area (Å²) in [5, 5.41) is 0. The van der Waals surface area contributed by atoms with Gasteiger partial charge in [-0.05, 0) is 40.0 Å². The van der Waals surface area contributed by atoms with Crippen LogP contribution >= 0.6 is 12.2 Å². The maximum Gasteiger partial charge on any atom is 0.410 e. The highest BCUT2D eigenvalue weighted by molar-refractivity contribution is 7.80. The summed E-state index contributed by atoms with van der Waals surface area (Å²) in [4.78, 5) is 14.5. The fourth-order valence-electron chi connectivity index (χ4n) is 1.80. The van der Waals surface area contributed by atoms with Crippen LogP contribution in [0.5, 0.6) is 0 Å². The Labute approximate surface area is 121 Å². The number of piperidine rings is 1. The third-order valence-corrected chi connectivity index (χ3v) is 3.27. The van der Waals surface area contributed by atoms with Gasteiger partial charge in [0.15, 0.2) is 0 Å². The molecule has 0 spiro atoms. The molecule has 0 aromatic rings. The van der Waals surface area contributed by atoms with Crippen molar-refractivity contribution in [3.8, 4) is 0 Å². The average molecular weight is 287 g/mol. The van der Waals surface area contributed by atoms with Crippen LogP contribution in [0.25, 0.3) is 0 Å². The van der Waals surface area contributed by atoms with Crippen LogP contribution in [0.4, 0.5) is 4.79 Å². The van der Waals surface area contributed by atoms with Crippen molar-refractivity contribution < 1.29 is 9.53 Å². The number of nitrogens with zero attached hydrogens (tertiary/aromatic N) is 1. The first kappa shape index (κ1) is 16.2. The third-order valence-electron chi connectivity index (χ3n) is 2.88. The van der Waals surface area contributed by atoms with Gasteiger partial charge in [0.25, 0.3) is 0 Å². The number of carbonyl (C=O) groups excluding carboxylic acids is 1. The quantitative estimate of drug-likeness (QED) is 0.616. The minimum atomic E-state index is -0.430. The monoisotopic (exact) mass is 287 g/mol. The second-order valence-electron chi connectivity index (χ2n) is 5.79. The van der Waals surface area contributed by atoms with Gasteiger partial charge in [-0.25, -0.2) is 10.2 Å². The Bertz CT molecular complexity index is 320. The Morgan fingerprint density at radius 2 is 1.95 bits per heavy atom. The highest BCUT2D eigenvalue weighted by Gasteiger charge is 2.26. The molecular formula is C13H25N3O2S. The molecule has 1 saturated heterocycles. The summed E-state index contributed by atoms with van der Waals surface area (Å²) in [5.74, 6) is 0. The molecule has 19 heavy (non-hydrogen) atoms. The summed E-state index contributed by atoms with van der Waals surface area (Å²) in [7, 11) is 0. The molecule has 0 atom stereocenters. The molecule has 0 unspecified atom stereocenters. The van der Waals surface area contributed by atoms with Gasteiger partial charge in [-0.3, -0.25) is 0 Å². The lowest BCUT2D eigenvalue weighted by molar-refractivity contribution is 0.0196. The van der Waals surface area contributed by atoms with Crippen LogP contribution in [0, 0.1) is 0 Å². The van der Waals surface area contributed by atoms with Gasteiger partial charge in [0.1, 0.15) is 5.60 Å². The SMILES string of the molecule is CCC(=S)NNC1CCN(C(=O)OC(C)(C)C)CC1. The van der Waals surface area contributed by atoms with Gasteiger partial charge in [-0.2, -0.15) is 0 Å². The Hall–Kier alpha value is -0.880. The third kappa shape index (κ3) is 6.20. The number of likely N-dealkylation sites (tertiary alicyclic amines) is 1. The molecule has 0 aliphatic carbocycles. The normalized spacial score (nSPS) is 17.2. The van der Waals surface area contributed by atoms with Crippen molar-refractivity contribution in [2.24, 2.45) is 0 Å². The molecule has 1 heterocycles. The second-order valence-corrected chi connectivity index (χ2v) is 6.28. The number of thiocarbonyl (C=S) groups is 1. The molecule has 1 aliphatic heterocycles. The molecular weight excluding hydrogens is 262 g/mol. The molecule has 2 N–H and O–H groups in total. The van der Waals surface area contributed by atoms with Crippen molar-refractivity contribution in [2.75, 3.05) is 13.1 Å². The van der Waals surface area contributed by atoms with Crippen molar-refractivity contribution in [3.05, 3.63) is 0 Å². The molecule has 0 saturated carbocycles. The van der Waals surface area contributed by atoms with Gasteiger partial charge in [-0.15, -0.1) is 0 Å². The number of hydrogen-bond donors (Lipinski definition) is 2. The van der Waals surface area contributed by atoms with Gasteiger partial charge < -0.3 is 15.1 Å². The van der Waals surface area contributed by atoms with Gasteiger partial charge in [0.05, 0.1) is 4.99 Å². The van der Waals surface area contributed by atoms with Gasteiger partial charge >= 0.3 is 6.09 Å². The highest BCUT2D eigenvalue weighted by Crippen LogP contribution is 2.15. The number of hydrazine groups is 1. The van der Waals surface area contributed by atoms with Crippen molar-refractivity contribution in [1.82, 2.24) is 15.8 Å². The van der Waals surface area contributed by atoms with Crippen LogP contribution < -0.4 is 10.9 Å². The largest absolute Gasteiger partial charge is 0.444 e. The van der Waals surface area contributed by atoms with E-state index >= 15 is 0 Å².